The summed E-state index contributed by atoms with van der Waals surface area (Å²) in [6, 6.07) is 9.19. The molecule has 0 aliphatic carbocycles. The molecule has 0 aliphatic rings. The van der Waals surface area contributed by atoms with Crippen molar-refractivity contribution in [1.82, 2.24) is 20.2 Å². The van der Waals surface area contributed by atoms with Gasteiger partial charge in [-0.05, 0) is 30.3 Å². The van der Waals surface area contributed by atoms with Gasteiger partial charge < -0.3 is 4.74 Å². The van der Waals surface area contributed by atoms with Crippen LogP contribution in [0.2, 0.25) is 5.02 Å². The van der Waals surface area contributed by atoms with Gasteiger partial charge in [0.25, 0.3) is 11.8 Å². The molecule has 2 aromatic heterocycles. The summed E-state index contributed by atoms with van der Waals surface area (Å²) in [4.78, 5) is 28.7. The Labute approximate surface area is 165 Å². The lowest BCUT2D eigenvalue weighted by Crippen LogP contribution is -2.42. The second-order valence-corrected chi connectivity index (χ2v) is 8.07. The van der Waals surface area contributed by atoms with Crippen molar-refractivity contribution in [3.8, 4) is 5.75 Å². The Kier molecular flexibility index (Phi) is 5.25. The molecule has 2 amide bonds. The normalized spacial score (nSPS) is 11.2. The molecule has 0 aliphatic heterocycles. The van der Waals surface area contributed by atoms with Crippen molar-refractivity contribution >= 4 is 38.8 Å². The average Bonchev–Trinajstić information content (AvgIpc) is 3.06. The molecule has 0 spiro atoms. The van der Waals surface area contributed by atoms with Crippen LogP contribution in [0.15, 0.2) is 47.8 Å². The summed E-state index contributed by atoms with van der Waals surface area (Å²) in [6.07, 6.45) is 2.47. The van der Waals surface area contributed by atoms with Crippen LogP contribution >= 0.6 is 11.6 Å². The molecular weight excluding hydrogens is 408 g/mol. The van der Waals surface area contributed by atoms with Crippen LogP contribution in [0.1, 0.15) is 20.8 Å². The monoisotopic (exact) mass is 422 g/mol. The van der Waals surface area contributed by atoms with Gasteiger partial charge in [0.2, 0.25) is 15.0 Å². The number of rotatable bonds is 4. The van der Waals surface area contributed by atoms with Gasteiger partial charge in [-0.2, -0.15) is 0 Å². The average molecular weight is 423 g/mol. The van der Waals surface area contributed by atoms with Gasteiger partial charge in [0, 0.05) is 17.5 Å². The number of halogens is 1. The number of amides is 2. The first-order valence-electron chi connectivity index (χ1n) is 7.83. The minimum atomic E-state index is -3.67. The first-order valence-corrected chi connectivity index (χ1v) is 10.1. The van der Waals surface area contributed by atoms with E-state index in [1.54, 1.807) is 18.2 Å². The number of imidazole rings is 1. The van der Waals surface area contributed by atoms with Crippen molar-refractivity contribution in [2.75, 3.05) is 13.4 Å². The fourth-order valence-electron chi connectivity index (χ4n) is 2.53. The third-order valence-electron chi connectivity index (χ3n) is 3.76. The minimum absolute atomic E-state index is 0.149. The smallest absolute Gasteiger partial charge is 0.290 e. The third kappa shape index (κ3) is 3.78. The maximum absolute atomic E-state index is 12.5. The van der Waals surface area contributed by atoms with Crippen LogP contribution < -0.4 is 15.6 Å². The number of ether oxygens (including phenoxy) is 1. The van der Waals surface area contributed by atoms with E-state index in [0.717, 1.165) is 6.26 Å². The number of sulfone groups is 1. The molecule has 0 unspecified atom stereocenters. The lowest BCUT2D eigenvalue weighted by Gasteiger charge is -2.10. The number of hydrogen-bond donors (Lipinski definition) is 2. The fourth-order valence-corrected chi connectivity index (χ4v) is 3.47. The van der Waals surface area contributed by atoms with E-state index in [9.17, 15) is 18.0 Å². The SMILES string of the molecule is COc1cc(Cl)ccc1C(=O)NNC(=O)c1nc(S(C)(=O)=O)n2ccccc12. The standard InChI is InChI=1S/C17H15ClN4O5S/c1-27-13-9-10(18)6-7-11(13)15(23)20-21-16(24)14-12-5-3-4-8-22(12)17(19-14)28(2,25)26/h3-9H,1-2H3,(H,20,23)(H,21,24). The zero-order chi connectivity index (χ0) is 20.5. The highest BCUT2D eigenvalue weighted by molar-refractivity contribution is 7.90. The Morgan fingerprint density at radius 3 is 2.54 bits per heavy atom. The van der Waals surface area contributed by atoms with Gasteiger partial charge in [-0.3, -0.25) is 24.8 Å². The van der Waals surface area contributed by atoms with Crippen molar-refractivity contribution in [2.45, 2.75) is 5.16 Å². The first-order chi connectivity index (χ1) is 13.2. The molecule has 0 atom stereocenters. The van der Waals surface area contributed by atoms with Crippen molar-refractivity contribution < 1.29 is 22.7 Å². The van der Waals surface area contributed by atoms with Gasteiger partial charge in [0.1, 0.15) is 5.75 Å². The van der Waals surface area contributed by atoms with E-state index < -0.39 is 21.7 Å². The van der Waals surface area contributed by atoms with Gasteiger partial charge in [0.15, 0.2) is 5.69 Å². The van der Waals surface area contributed by atoms with Crippen LogP contribution in [0.5, 0.6) is 5.75 Å². The highest BCUT2D eigenvalue weighted by atomic mass is 35.5. The molecule has 3 aromatic rings. The predicted octanol–water partition coefficient (Wildman–Crippen LogP) is 1.47. The zero-order valence-corrected chi connectivity index (χ0v) is 16.3. The summed E-state index contributed by atoms with van der Waals surface area (Å²) < 4.78 is 30.2. The van der Waals surface area contributed by atoms with E-state index in [0.29, 0.717) is 5.02 Å². The highest BCUT2D eigenvalue weighted by Gasteiger charge is 2.23. The number of hydrogen-bond acceptors (Lipinski definition) is 6. The molecule has 11 heteroatoms. The number of methoxy groups -OCH3 is 1. The molecule has 0 saturated carbocycles. The number of aromatic nitrogens is 2. The number of nitrogens with zero attached hydrogens (tertiary/aromatic N) is 2. The summed E-state index contributed by atoms with van der Waals surface area (Å²) in [6.45, 7) is 0. The maximum Gasteiger partial charge on any atom is 0.290 e. The molecule has 3 rings (SSSR count). The molecule has 2 N–H and O–H groups in total. The minimum Gasteiger partial charge on any atom is -0.496 e. The van der Waals surface area contributed by atoms with E-state index in [1.165, 1.54) is 35.9 Å². The highest BCUT2D eigenvalue weighted by Crippen LogP contribution is 2.23. The molecule has 2 heterocycles. The molecule has 0 bridgehead atoms. The number of carbonyl (C=O) groups is 2. The summed E-state index contributed by atoms with van der Waals surface area (Å²) in [7, 11) is -2.29. The van der Waals surface area contributed by atoms with E-state index in [4.69, 9.17) is 16.3 Å². The zero-order valence-electron chi connectivity index (χ0n) is 14.8. The van der Waals surface area contributed by atoms with Gasteiger partial charge in [0.05, 0.1) is 18.2 Å². The van der Waals surface area contributed by atoms with Gasteiger partial charge in [-0.15, -0.1) is 0 Å². The number of pyridine rings is 1. The van der Waals surface area contributed by atoms with Crippen LogP contribution in [0.25, 0.3) is 5.52 Å². The molecule has 0 fully saturated rings. The number of nitrogens with one attached hydrogen (secondary N) is 2. The number of benzene rings is 1. The predicted molar refractivity (Wildman–Crippen MR) is 101 cm³/mol. The second-order valence-electron chi connectivity index (χ2n) is 5.72. The first kappa shape index (κ1) is 19.6. The van der Waals surface area contributed by atoms with Crippen LogP contribution in [0, 0.1) is 0 Å². The summed E-state index contributed by atoms with van der Waals surface area (Å²) in [5.74, 6) is -1.19. The van der Waals surface area contributed by atoms with E-state index in [-0.39, 0.29) is 27.7 Å². The van der Waals surface area contributed by atoms with Gasteiger partial charge >= 0.3 is 0 Å². The topological polar surface area (TPSA) is 119 Å². The number of carbonyl (C=O) groups excluding carboxylic acids is 2. The quantitative estimate of drug-likeness (QED) is 0.614. The van der Waals surface area contributed by atoms with E-state index >= 15 is 0 Å². The molecule has 28 heavy (non-hydrogen) atoms. The molecule has 1 aromatic carbocycles. The molecule has 0 radical (unpaired) electrons. The number of hydrazine groups is 1. The van der Waals surface area contributed by atoms with Gasteiger partial charge in [-0.1, -0.05) is 17.7 Å². The Bertz CT molecular complexity index is 1190. The lowest BCUT2D eigenvalue weighted by molar-refractivity contribution is 0.0843. The maximum atomic E-state index is 12.5. The number of fused-ring (bicyclic) bond motifs is 1. The summed E-state index contributed by atoms with van der Waals surface area (Å²) >= 11 is 5.86. The van der Waals surface area contributed by atoms with Crippen molar-refractivity contribution in [1.29, 1.82) is 0 Å². The summed E-state index contributed by atoms with van der Waals surface area (Å²) in [5, 5.41) is 0.106. The Morgan fingerprint density at radius 1 is 1.14 bits per heavy atom. The van der Waals surface area contributed by atoms with Crippen molar-refractivity contribution in [3.05, 3.63) is 58.9 Å². The summed E-state index contributed by atoms with van der Waals surface area (Å²) in [5.41, 5.74) is 4.75. The Hall–Kier alpha value is -3.11. The lowest BCUT2D eigenvalue weighted by atomic mass is 10.2. The molecule has 0 saturated heterocycles. The molecule has 9 nitrogen and oxygen atoms in total. The third-order valence-corrected chi connectivity index (χ3v) is 4.95. The van der Waals surface area contributed by atoms with Crippen molar-refractivity contribution in [2.24, 2.45) is 0 Å². The largest absolute Gasteiger partial charge is 0.496 e. The second kappa shape index (κ2) is 7.49. The molecular formula is C17H15ClN4O5S. The van der Waals surface area contributed by atoms with Crippen LogP contribution in [0.3, 0.4) is 0 Å². The van der Waals surface area contributed by atoms with Crippen LogP contribution in [0.4, 0.5) is 0 Å². The Morgan fingerprint density at radius 2 is 1.86 bits per heavy atom. The van der Waals surface area contributed by atoms with E-state index in [1.807, 2.05) is 0 Å². The van der Waals surface area contributed by atoms with Crippen LogP contribution in [-0.2, 0) is 9.84 Å². The molecule has 146 valence electrons. The van der Waals surface area contributed by atoms with E-state index in [2.05, 4.69) is 15.8 Å². The Balaban J connectivity index is 1.86. The fraction of sp³-hybridized carbons (Fsp3) is 0.118. The van der Waals surface area contributed by atoms with Crippen LogP contribution in [-0.4, -0.2) is 43.0 Å². The van der Waals surface area contributed by atoms with Crippen molar-refractivity contribution in [3.63, 3.8) is 0 Å². The van der Waals surface area contributed by atoms with Gasteiger partial charge in [-0.25, -0.2) is 13.4 Å².